The topological polar surface area (TPSA) is 107 Å². The molecule has 3 aromatic rings. The van der Waals surface area contributed by atoms with Crippen LogP contribution in [-0.4, -0.2) is 32.7 Å². The van der Waals surface area contributed by atoms with Gasteiger partial charge in [0.1, 0.15) is 11.6 Å². The number of rotatable bonds is 8. The van der Waals surface area contributed by atoms with Crippen LogP contribution in [0.4, 0.5) is 21.7 Å². The van der Waals surface area contributed by atoms with Gasteiger partial charge in [-0.25, -0.2) is 14.4 Å². The third kappa shape index (κ3) is 5.41. The minimum atomic E-state index is -0.860. The highest BCUT2D eigenvalue weighted by Crippen LogP contribution is 2.32. The zero-order chi connectivity index (χ0) is 20.8. The SMILES string of the molecule is Cc1ccc(Nc2ccc(O)c(-c3ccnc(NCCCC(=O)O)n3)c2)c(F)c1. The molecule has 0 saturated carbocycles. The number of benzene rings is 2. The lowest BCUT2D eigenvalue weighted by molar-refractivity contribution is -0.137. The minimum Gasteiger partial charge on any atom is -0.507 e. The van der Waals surface area contributed by atoms with Crippen LogP contribution in [0.3, 0.4) is 0 Å². The first-order valence-corrected chi connectivity index (χ1v) is 9.07. The summed E-state index contributed by atoms with van der Waals surface area (Å²) in [5.74, 6) is -0.874. The number of aromatic nitrogens is 2. The Bertz CT molecular complexity index is 1030. The van der Waals surface area contributed by atoms with E-state index in [0.29, 0.717) is 41.5 Å². The van der Waals surface area contributed by atoms with E-state index in [-0.39, 0.29) is 18.0 Å². The molecule has 2 aromatic carbocycles. The summed E-state index contributed by atoms with van der Waals surface area (Å²) in [5.41, 5.74) is 2.68. The average Bonchev–Trinajstić information content (AvgIpc) is 2.69. The maximum atomic E-state index is 14.1. The zero-order valence-electron chi connectivity index (χ0n) is 15.8. The van der Waals surface area contributed by atoms with E-state index >= 15 is 0 Å². The average molecular weight is 396 g/mol. The van der Waals surface area contributed by atoms with Crippen LogP contribution in [-0.2, 0) is 4.79 Å². The number of nitrogens with one attached hydrogen (secondary N) is 2. The van der Waals surface area contributed by atoms with Crippen LogP contribution in [0.2, 0.25) is 0 Å². The van der Waals surface area contributed by atoms with E-state index in [1.165, 1.54) is 12.1 Å². The molecule has 1 aromatic heterocycles. The van der Waals surface area contributed by atoms with Crippen LogP contribution in [0.25, 0.3) is 11.3 Å². The number of hydrogen-bond donors (Lipinski definition) is 4. The van der Waals surface area contributed by atoms with Crippen LogP contribution in [0.1, 0.15) is 18.4 Å². The van der Waals surface area contributed by atoms with Crippen molar-refractivity contribution in [3.05, 3.63) is 60.0 Å². The van der Waals surface area contributed by atoms with Crippen molar-refractivity contribution in [1.29, 1.82) is 0 Å². The Morgan fingerprint density at radius 3 is 2.76 bits per heavy atom. The number of anilines is 3. The molecule has 0 fully saturated rings. The summed E-state index contributed by atoms with van der Waals surface area (Å²) in [5, 5.41) is 24.9. The number of halogens is 1. The molecule has 0 aliphatic rings. The van der Waals surface area contributed by atoms with E-state index in [4.69, 9.17) is 5.11 Å². The fourth-order valence-electron chi connectivity index (χ4n) is 2.73. The van der Waals surface area contributed by atoms with E-state index in [0.717, 1.165) is 5.56 Å². The van der Waals surface area contributed by atoms with Crippen LogP contribution in [0, 0.1) is 12.7 Å². The van der Waals surface area contributed by atoms with Crippen molar-refractivity contribution in [2.45, 2.75) is 19.8 Å². The lowest BCUT2D eigenvalue weighted by Gasteiger charge is -2.12. The largest absolute Gasteiger partial charge is 0.507 e. The second-order valence-corrected chi connectivity index (χ2v) is 6.53. The summed E-state index contributed by atoms with van der Waals surface area (Å²) in [6, 6.07) is 11.4. The number of aromatic hydroxyl groups is 1. The van der Waals surface area contributed by atoms with Gasteiger partial charge in [0.2, 0.25) is 5.95 Å². The van der Waals surface area contributed by atoms with Gasteiger partial charge < -0.3 is 20.8 Å². The van der Waals surface area contributed by atoms with Gasteiger partial charge in [-0.1, -0.05) is 6.07 Å². The molecule has 1 heterocycles. The highest BCUT2D eigenvalue weighted by Gasteiger charge is 2.10. The van der Waals surface area contributed by atoms with Gasteiger partial charge in [0.15, 0.2) is 0 Å². The predicted molar refractivity (Wildman–Crippen MR) is 109 cm³/mol. The molecule has 0 spiro atoms. The Hall–Kier alpha value is -3.68. The Kier molecular flexibility index (Phi) is 6.23. The van der Waals surface area contributed by atoms with Crippen molar-refractivity contribution < 1.29 is 19.4 Å². The monoisotopic (exact) mass is 396 g/mol. The second kappa shape index (κ2) is 9.01. The Balaban J connectivity index is 1.79. The lowest BCUT2D eigenvalue weighted by Crippen LogP contribution is -2.07. The van der Waals surface area contributed by atoms with E-state index in [1.54, 1.807) is 36.5 Å². The van der Waals surface area contributed by atoms with Gasteiger partial charge in [-0.2, -0.15) is 0 Å². The number of aryl methyl sites for hydroxylation is 1. The molecule has 7 nitrogen and oxygen atoms in total. The van der Waals surface area contributed by atoms with E-state index in [2.05, 4.69) is 20.6 Å². The normalized spacial score (nSPS) is 10.6. The molecule has 0 unspecified atom stereocenters. The van der Waals surface area contributed by atoms with Crippen molar-refractivity contribution in [2.24, 2.45) is 0 Å². The number of carboxylic acids is 1. The van der Waals surface area contributed by atoms with Crippen molar-refractivity contribution in [2.75, 3.05) is 17.2 Å². The molecule has 0 atom stereocenters. The zero-order valence-corrected chi connectivity index (χ0v) is 15.8. The number of nitrogens with zero attached hydrogens (tertiary/aromatic N) is 2. The molecule has 8 heteroatoms. The Morgan fingerprint density at radius 2 is 2.00 bits per heavy atom. The second-order valence-electron chi connectivity index (χ2n) is 6.53. The lowest BCUT2D eigenvalue weighted by atomic mass is 10.1. The van der Waals surface area contributed by atoms with Crippen LogP contribution in [0.5, 0.6) is 5.75 Å². The quantitative estimate of drug-likeness (QED) is 0.332. The molecule has 0 radical (unpaired) electrons. The molecular weight excluding hydrogens is 375 g/mol. The predicted octanol–water partition coefficient (Wildman–Crippen LogP) is 4.32. The Labute approximate surface area is 167 Å². The van der Waals surface area contributed by atoms with Crippen molar-refractivity contribution >= 4 is 23.3 Å². The fraction of sp³-hybridized carbons (Fsp3) is 0.190. The van der Waals surface area contributed by atoms with Crippen LogP contribution >= 0.6 is 0 Å². The van der Waals surface area contributed by atoms with E-state index in [1.807, 2.05) is 6.92 Å². The maximum Gasteiger partial charge on any atom is 0.303 e. The molecule has 0 amide bonds. The van der Waals surface area contributed by atoms with Crippen LogP contribution < -0.4 is 10.6 Å². The first-order valence-electron chi connectivity index (χ1n) is 9.07. The van der Waals surface area contributed by atoms with E-state index in [9.17, 15) is 14.3 Å². The number of phenols is 1. The molecule has 4 N–H and O–H groups in total. The van der Waals surface area contributed by atoms with E-state index < -0.39 is 5.97 Å². The fourth-order valence-corrected chi connectivity index (χ4v) is 2.73. The summed E-state index contributed by atoms with van der Waals surface area (Å²) < 4.78 is 14.1. The van der Waals surface area contributed by atoms with Gasteiger partial charge in [0, 0.05) is 30.4 Å². The molecule has 0 aliphatic carbocycles. The summed E-state index contributed by atoms with van der Waals surface area (Å²) >= 11 is 0. The third-order valence-electron chi connectivity index (χ3n) is 4.18. The van der Waals surface area contributed by atoms with Gasteiger partial charge in [-0.05, 0) is 55.3 Å². The molecule has 0 aliphatic heterocycles. The number of hydrogen-bond acceptors (Lipinski definition) is 6. The summed E-state index contributed by atoms with van der Waals surface area (Å²) in [6.45, 7) is 2.23. The molecule has 3 rings (SSSR count). The minimum absolute atomic E-state index is 0.0236. The number of carbonyl (C=O) groups is 1. The van der Waals surface area contributed by atoms with Crippen LogP contribution in [0.15, 0.2) is 48.7 Å². The maximum absolute atomic E-state index is 14.1. The first kappa shape index (κ1) is 20.1. The highest BCUT2D eigenvalue weighted by atomic mass is 19.1. The summed E-state index contributed by atoms with van der Waals surface area (Å²) in [4.78, 5) is 19.0. The van der Waals surface area contributed by atoms with Crippen molar-refractivity contribution in [3.63, 3.8) is 0 Å². The van der Waals surface area contributed by atoms with Crippen molar-refractivity contribution in [1.82, 2.24) is 9.97 Å². The molecule has 0 saturated heterocycles. The molecule has 150 valence electrons. The van der Waals surface area contributed by atoms with Gasteiger partial charge in [0.25, 0.3) is 0 Å². The molecule has 29 heavy (non-hydrogen) atoms. The van der Waals surface area contributed by atoms with Gasteiger partial charge in [0.05, 0.1) is 11.4 Å². The third-order valence-corrected chi connectivity index (χ3v) is 4.18. The number of aliphatic carboxylic acids is 1. The summed E-state index contributed by atoms with van der Waals surface area (Å²) in [6.07, 6.45) is 2.04. The van der Waals surface area contributed by atoms with Gasteiger partial charge in [-0.15, -0.1) is 0 Å². The molecule has 0 bridgehead atoms. The van der Waals surface area contributed by atoms with Gasteiger partial charge >= 0.3 is 5.97 Å². The molecular formula is C21H21FN4O3. The standard InChI is InChI=1S/C21H21FN4O3/c1-13-4-6-18(16(22)11-13)25-14-5-7-19(27)15(12-14)17-8-10-24-21(26-17)23-9-2-3-20(28)29/h4-8,10-12,25,27H,2-3,9H2,1H3,(H,28,29)(H,23,24,26). The van der Waals surface area contributed by atoms with Crippen molar-refractivity contribution in [3.8, 4) is 17.0 Å². The number of phenolic OH excluding ortho intramolecular Hbond substituents is 1. The van der Waals surface area contributed by atoms with Gasteiger partial charge in [-0.3, -0.25) is 4.79 Å². The first-order chi connectivity index (χ1) is 13.9. The summed E-state index contributed by atoms with van der Waals surface area (Å²) in [7, 11) is 0. The highest BCUT2D eigenvalue weighted by molar-refractivity contribution is 5.74. The number of carboxylic acid groups (broad SMARTS) is 1. The smallest absolute Gasteiger partial charge is 0.303 e. The Morgan fingerprint density at radius 1 is 1.17 bits per heavy atom.